The second-order valence-corrected chi connectivity index (χ2v) is 7.56. The van der Waals surface area contributed by atoms with Gasteiger partial charge in [0, 0.05) is 6.04 Å². The normalized spacial score (nSPS) is 23.7. The molecule has 2 rings (SSSR count). The minimum Gasteiger partial charge on any atom is -0.397 e. The van der Waals surface area contributed by atoms with Crippen LogP contribution < -0.4 is 10.5 Å². The number of rotatable bonds is 4. The van der Waals surface area contributed by atoms with Crippen LogP contribution in [0.5, 0.6) is 0 Å². The Morgan fingerprint density at radius 3 is 2.80 bits per heavy atom. The molecule has 1 aliphatic carbocycles. The molecule has 1 fully saturated rings. The second kappa shape index (κ2) is 6.33. The Morgan fingerprint density at radius 1 is 1.40 bits per heavy atom. The molecule has 0 bridgehead atoms. The smallest absolute Gasteiger partial charge is 0.240 e. The number of sulfonamides is 1. The molecule has 2 unspecified atom stereocenters. The zero-order valence-electron chi connectivity index (χ0n) is 11.6. The predicted molar refractivity (Wildman–Crippen MR) is 82.2 cm³/mol. The van der Waals surface area contributed by atoms with Crippen LogP contribution in [0.2, 0.25) is 5.02 Å². The van der Waals surface area contributed by atoms with Gasteiger partial charge < -0.3 is 5.73 Å². The van der Waals surface area contributed by atoms with Gasteiger partial charge in [-0.2, -0.15) is 0 Å². The third-order valence-electron chi connectivity index (χ3n) is 3.96. The topological polar surface area (TPSA) is 72.2 Å². The number of benzene rings is 1. The first-order valence-electron chi connectivity index (χ1n) is 6.99. The molecule has 0 saturated heterocycles. The van der Waals surface area contributed by atoms with Crippen molar-refractivity contribution >= 4 is 27.3 Å². The molecule has 1 aromatic carbocycles. The van der Waals surface area contributed by atoms with E-state index in [2.05, 4.69) is 11.6 Å². The number of anilines is 1. The number of nitrogen functional groups attached to an aromatic ring is 1. The lowest BCUT2D eigenvalue weighted by molar-refractivity contribution is 0.301. The number of hydrogen-bond acceptors (Lipinski definition) is 3. The van der Waals surface area contributed by atoms with E-state index in [0.29, 0.717) is 10.9 Å². The van der Waals surface area contributed by atoms with E-state index in [1.165, 1.54) is 24.6 Å². The molecule has 20 heavy (non-hydrogen) atoms. The van der Waals surface area contributed by atoms with E-state index in [1.54, 1.807) is 0 Å². The van der Waals surface area contributed by atoms with E-state index in [9.17, 15) is 8.42 Å². The predicted octanol–water partition coefficient (Wildman–Crippen LogP) is 3.17. The molecule has 112 valence electrons. The zero-order valence-corrected chi connectivity index (χ0v) is 13.2. The van der Waals surface area contributed by atoms with Gasteiger partial charge in [-0.1, -0.05) is 37.8 Å². The van der Waals surface area contributed by atoms with Gasteiger partial charge >= 0.3 is 0 Å². The molecule has 4 nitrogen and oxygen atoms in total. The van der Waals surface area contributed by atoms with Gasteiger partial charge in [0.1, 0.15) is 0 Å². The van der Waals surface area contributed by atoms with Crippen LogP contribution in [0.4, 0.5) is 5.69 Å². The third-order valence-corrected chi connectivity index (χ3v) is 5.82. The maximum atomic E-state index is 12.3. The summed E-state index contributed by atoms with van der Waals surface area (Å²) in [5.41, 5.74) is 5.95. The molecule has 0 aliphatic heterocycles. The molecule has 0 amide bonds. The lowest BCUT2D eigenvalue weighted by Crippen LogP contribution is -2.38. The number of hydrogen-bond donors (Lipinski definition) is 2. The van der Waals surface area contributed by atoms with Gasteiger partial charge in [0.2, 0.25) is 10.0 Å². The highest BCUT2D eigenvalue weighted by molar-refractivity contribution is 7.89. The van der Waals surface area contributed by atoms with Crippen molar-refractivity contribution in [3.8, 4) is 0 Å². The minimum atomic E-state index is -3.52. The summed E-state index contributed by atoms with van der Waals surface area (Å²) in [5, 5.41) is 0.368. The Balaban J connectivity index is 2.12. The third kappa shape index (κ3) is 3.65. The van der Waals surface area contributed by atoms with Gasteiger partial charge in [-0.05, 0) is 37.0 Å². The van der Waals surface area contributed by atoms with Crippen molar-refractivity contribution in [2.75, 3.05) is 5.73 Å². The highest BCUT2D eigenvalue weighted by Gasteiger charge is 2.25. The number of nitrogens with two attached hydrogens (primary N) is 1. The SMILES string of the molecule is CCC1CCCC(NS(=O)(=O)c2ccc(Cl)c(N)c2)C1. The van der Waals surface area contributed by atoms with Crippen LogP contribution in [0, 0.1) is 5.92 Å². The monoisotopic (exact) mass is 316 g/mol. The summed E-state index contributed by atoms with van der Waals surface area (Å²) in [7, 11) is -3.52. The Bertz CT molecular complexity index is 575. The van der Waals surface area contributed by atoms with Gasteiger partial charge in [-0.25, -0.2) is 13.1 Å². The molecule has 0 heterocycles. The van der Waals surface area contributed by atoms with E-state index in [1.807, 2.05) is 0 Å². The second-order valence-electron chi connectivity index (χ2n) is 5.44. The summed E-state index contributed by atoms with van der Waals surface area (Å²) >= 11 is 5.82. The van der Waals surface area contributed by atoms with E-state index in [0.717, 1.165) is 25.7 Å². The molecule has 1 saturated carbocycles. The largest absolute Gasteiger partial charge is 0.397 e. The van der Waals surface area contributed by atoms with Gasteiger partial charge in [-0.3, -0.25) is 0 Å². The first-order chi connectivity index (χ1) is 9.42. The summed E-state index contributed by atoms with van der Waals surface area (Å²) in [6, 6.07) is 4.43. The quantitative estimate of drug-likeness (QED) is 0.838. The van der Waals surface area contributed by atoms with Crippen LogP contribution in [-0.2, 0) is 10.0 Å². The van der Waals surface area contributed by atoms with Crippen molar-refractivity contribution in [3.63, 3.8) is 0 Å². The fourth-order valence-corrected chi connectivity index (χ4v) is 4.18. The Kier molecular flexibility index (Phi) is 4.94. The molecule has 2 atom stereocenters. The summed E-state index contributed by atoms with van der Waals surface area (Å²) in [5.74, 6) is 0.617. The zero-order chi connectivity index (χ0) is 14.8. The van der Waals surface area contributed by atoms with Crippen molar-refractivity contribution < 1.29 is 8.42 Å². The number of halogens is 1. The van der Waals surface area contributed by atoms with E-state index in [-0.39, 0.29) is 16.6 Å². The van der Waals surface area contributed by atoms with Crippen molar-refractivity contribution in [3.05, 3.63) is 23.2 Å². The highest BCUT2D eigenvalue weighted by Crippen LogP contribution is 2.28. The minimum absolute atomic E-state index is 0.0237. The van der Waals surface area contributed by atoms with Crippen LogP contribution in [-0.4, -0.2) is 14.5 Å². The standard InChI is InChI=1S/C14H21ClN2O2S/c1-2-10-4-3-5-11(8-10)17-20(18,19)12-6-7-13(15)14(16)9-12/h6-7,9-11,17H,2-5,8,16H2,1H3. The van der Waals surface area contributed by atoms with Gasteiger partial charge in [0.15, 0.2) is 0 Å². The molecule has 0 spiro atoms. The van der Waals surface area contributed by atoms with Crippen LogP contribution >= 0.6 is 11.6 Å². The molecule has 0 radical (unpaired) electrons. The van der Waals surface area contributed by atoms with Crippen molar-refractivity contribution in [2.24, 2.45) is 5.92 Å². The maximum absolute atomic E-state index is 12.3. The summed E-state index contributed by atoms with van der Waals surface area (Å²) in [6.07, 6.45) is 5.20. The van der Waals surface area contributed by atoms with E-state index in [4.69, 9.17) is 17.3 Å². The van der Waals surface area contributed by atoms with Crippen LogP contribution in [0.3, 0.4) is 0 Å². The summed E-state index contributed by atoms with van der Waals surface area (Å²) in [6.45, 7) is 2.15. The molecular weight excluding hydrogens is 296 g/mol. The molecule has 0 aromatic heterocycles. The average Bonchev–Trinajstić information content (AvgIpc) is 2.41. The van der Waals surface area contributed by atoms with Gasteiger partial charge in [0.25, 0.3) is 0 Å². The summed E-state index contributed by atoms with van der Waals surface area (Å²) < 4.78 is 27.5. The highest BCUT2D eigenvalue weighted by atomic mass is 35.5. The Morgan fingerprint density at radius 2 is 2.15 bits per heavy atom. The maximum Gasteiger partial charge on any atom is 0.240 e. The van der Waals surface area contributed by atoms with Crippen LogP contribution in [0.1, 0.15) is 39.0 Å². The molecular formula is C14H21ClN2O2S. The lowest BCUT2D eigenvalue weighted by atomic mass is 9.85. The van der Waals surface area contributed by atoms with Crippen LogP contribution in [0.25, 0.3) is 0 Å². The van der Waals surface area contributed by atoms with Crippen LogP contribution in [0.15, 0.2) is 23.1 Å². The van der Waals surface area contributed by atoms with E-state index >= 15 is 0 Å². The molecule has 1 aromatic rings. The Labute approximate surface area is 125 Å². The number of nitrogens with one attached hydrogen (secondary N) is 1. The average molecular weight is 317 g/mol. The molecule has 1 aliphatic rings. The first kappa shape index (κ1) is 15.6. The van der Waals surface area contributed by atoms with Crippen molar-refractivity contribution in [2.45, 2.75) is 50.0 Å². The lowest BCUT2D eigenvalue weighted by Gasteiger charge is -2.28. The van der Waals surface area contributed by atoms with E-state index < -0.39 is 10.0 Å². The Hall–Kier alpha value is -0.780. The van der Waals surface area contributed by atoms with Crippen molar-refractivity contribution in [1.29, 1.82) is 0 Å². The molecule has 6 heteroatoms. The fraction of sp³-hybridized carbons (Fsp3) is 0.571. The first-order valence-corrected chi connectivity index (χ1v) is 8.86. The van der Waals surface area contributed by atoms with Gasteiger partial charge in [0.05, 0.1) is 15.6 Å². The molecule has 3 N–H and O–H groups in total. The van der Waals surface area contributed by atoms with Crippen molar-refractivity contribution in [1.82, 2.24) is 4.72 Å². The fourth-order valence-electron chi connectivity index (χ4n) is 2.75. The van der Waals surface area contributed by atoms with Gasteiger partial charge in [-0.15, -0.1) is 0 Å². The summed E-state index contributed by atoms with van der Waals surface area (Å²) in [4.78, 5) is 0.179.